The minimum absolute atomic E-state index is 0.0959. The van der Waals surface area contributed by atoms with Gasteiger partial charge >= 0.3 is 23.9 Å². The quantitative estimate of drug-likeness (QED) is 0.0441. The smallest absolute Gasteiger partial charge is 0.313 e. The zero-order valence-corrected chi connectivity index (χ0v) is 57.2. The monoisotopic (exact) mass is 1180 g/mol. The van der Waals surface area contributed by atoms with Crippen molar-refractivity contribution in [3.05, 3.63) is 0 Å². The molecule has 484 valence electrons. The molecule has 84 heavy (non-hydrogen) atoms. The van der Waals surface area contributed by atoms with Gasteiger partial charge in [0.2, 0.25) is 0 Å². The number of carbonyl (C=O) groups excluding carboxylic acids is 4. The minimum atomic E-state index is -0.469. The van der Waals surface area contributed by atoms with Gasteiger partial charge in [0.15, 0.2) is 26.7 Å². The lowest BCUT2D eigenvalue weighted by Gasteiger charge is -2.60. The van der Waals surface area contributed by atoms with E-state index in [2.05, 4.69) is 48.5 Å². The standard InChI is InChI=1S/C19H32O3.C18H30O3.C18H32O3.C17H30O3/c1-5-18(2,3)17(20)22-12-21-11-19(4)15-7-13-6-14(9-15)10-16(19)8-13;1-4-17(2,3)16(19)21-12-20-11-18-8-13-5-14(9-18)7-15(6-13)10-18;1-8-16(3,4)15(19)21-12(2)20-14-17(5,6)13-9-10-18(14,7)11-13;1-7-15(2,3)14(18)20-11-19-13-16(4,5)12-8-9-17(13,6)10-12/h13-16H,5-12H2,1-4H3;13-15H,4-12H2,1-3H3;12-14H,8-11H2,1-7H3;12-13H,7-11H2,1-6H3. The first kappa shape index (κ1) is 69.2. The Morgan fingerprint density at radius 2 is 0.798 bits per heavy atom. The average Bonchev–Trinajstić information content (AvgIpc) is 3.27. The number of hydrogen-bond acceptors (Lipinski definition) is 12. The molecule has 0 saturated heterocycles. The van der Waals surface area contributed by atoms with Crippen molar-refractivity contribution in [1.82, 2.24) is 0 Å². The molecule has 12 aliphatic rings. The molecule has 12 fully saturated rings. The fourth-order valence-corrected chi connectivity index (χ4v) is 18.8. The van der Waals surface area contributed by atoms with Crippen LogP contribution in [0.1, 0.15) is 273 Å². The van der Waals surface area contributed by atoms with Crippen LogP contribution in [0.25, 0.3) is 0 Å². The molecule has 12 rings (SSSR count). The van der Waals surface area contributed by atoms with E-state index in [4.69, 9.17) is 37.9 Å². The zero-order valence-electron chi connectivity index (χ0n) is 57.2. The van der Waals surface area contributed by atoms with Crippen molar-refractivity contribution in [2.24, 2.45) is 107 Å². The maximum Gasteiger partial charge on any atom is 0.313 e. The van der Waals surface area contributed by atoms with Gasteiger partial charge in [0.05, 0.1) is 47.1 Å². The van der Waals surface area contributed by atoms with Crippen LogP contribution in [0.5, 0.6) is 0 Å². The molecule has 0 radical (unpaired) electrons. The van der Waals surface area contributed by atoms with Crippen molar-refractivity contribution >= 4 is 23.9 Å². The molecule has 0 aromatic rings. The lowest BCUT2D eigenvalue weighted by molar-refractivity contribution is -0.219. The van der Waals surface area contributed by atoms with Gasteiger partial charge in [0, 0.05) is 0 Å². The fourth-order valence-electron chi connectivity index (χ4n) is 18.8. The molecule has 12 aliphatic carbocycles. The number of fused-ring (bicyclic) bond motifs is 4. The molecule has 12 heteroatoms. The topological polar surface area (TPSA) is 142 Å². The summed E-state index contributed by atoms with van der Waals surface area (Å²) in [6.45, 7) is 43.4. The molecule has 12 saturated carbocycles. The summed E-state index contributed by atoms with van der Waals surface area (Å²) in [7, 11) is 0. The molecule has 0 amide bonds. The summed E-state index contributed by atoms with van der Waals surface area (Å²) in [5, 5.41) is 0. The highest BCUT2D eigenvalue weighted by molar-refractivity contribution is 5.77. The van der Waals surface area contributed by atoms with Gasteiger partial charge < -0.3 is 37.9 Å². The van der Waals surface area contributed by atoms with Crippen LogP contribution in [0.2, 0.25) is 0 Å². The van der Waals surface area contributed by atoms with Gasteiger partial charge in [-0.3, -0.25) is 19.2 Å². The van der Waals surface area contributed by atoms with Crippen LogP contribution < -0.4 is 0 Å². The number of esters is 4. The molecule has 0 aromatic carbocycles. The molecular weight excluding hydrogens is 1060 g/mol. The summed E-state index contributed by atoms with van der Waals surface area (Å²) in [6.07, 6.45) is 26.1. The van der Waals surface area contributed by atoms with Crippen LogP contribution in [0.3, 0.4) is 0 Å². The van der Waals surface area contributed by atoms with E-state index in [9.17, 15) is 19.2 Å². The zero-order chi connectivity index (χ0) is 62.3. The van der Waals surface area contributed by atoms with Gasteiger partial charge in [0.1, 0.15) is 0 Å². The van der Waals surface area contributed by atoms with E-state index in [1.807, 2.05) is 90.0 Å². The first-order valence-electron chi connectivity index (χ1n) is 34.1. The predicted molar refractivity (Wildman–Crippen MR) is 331 cm³/mol. The van der Waals surface area contributed by atoms with Gasteiger partial charge in [0.25, 0.3) is 0 Å². The van der Waals surface area contributed by atoms with Crippen LogP contribution in [-0.2, 0) is 57.1 Å². The average molecular weight is 1180 g/mol. The summed E-state index contributed by atoms with van der Waals surface area (Å²) < 4.78 is 45.4. The molecule has 0 heterocycles. The van der Waals surface area contributed by atoms with Crippen LogP contribution in [-0.4, -0.2) is 76.0 Å². The maximum atomic E-state index is 12.2. The van der Waals surface area contributed by atoms with E-state index in [-0.39, 0.29) is 78.1 Å². The molecule has 7 atom stereocenters. The van der Waals surface area contributed by atoms with E-state index < -0.39 is 27.9 Å². The third kappa shape index (κ3) is 15.1. The number of carbonyl (C=O) groups is 4. The largest absolute Gasteiger partial charge is 0.438 e. The fraction of sp³-hybridized carbons (Fsp3) is 0.944. The Bertz CT molecular complexity index is 2170. The number of rotatable bonds is 22. The highest BCUT2D eigenvalue weighted by Gasteiger charge is 2.62. The van der Waals surface area contributed by atoms with E-state index >= 15 is 0 Å². The summed E-state index contributed by atoms with van der Waals surface area (Å²) in [4.78, 5) is 48.0. The van der Waals surface area contributed by atoms with Crippen molar-refractivity contribution in [2.75, 3.05) is 33.6 Å². The Kier molecular flexibility index (Phi) is 21.6. The molecule has 12 bridgehead atoms. The van der Waals surface area contributed by atoms with Crippen molar-refractivity contribution in [3.63, 3.8) is 0 Å². The van der Waals surface area contributed by atoms with Gasteiger partial charge in [-0.15, -0.1) is 0 Å². The van der Waals surface area contributed by atoms with Gasteiger partial charge in [-0.1, -0.05) is 76.2 Å². The Balaban J connectivity index is 0.000000161. The van der Waals surface area contributed by atoms with E-state index in [0.717, 1.165) is 92.2 Å². The molecule has 7 unspecified atom stereocenters. The summed E-state index contributed by atoms with van der Waals surface area (Å²) in [6, 6.07) is 0. The van der Waals surface area contributed by atoms with Crippen molar-refractivity contribution in [2.45, 2.75) is 292 Å². The molecule has 0 aliphatic heterocycles. The second-order valence-electron chi connectivity index (χ2n) is 34.4. The van der Waals surface area contributed by atoms with Crippen LogP contribution in [0.4, 0.5) is 0 Å². The van der Waals surface area contributed by atoms with Crippen LogP contribution in [0.15, 0.2) is 0 Å². The van der Waals surface area contributed by atoms with Gasteiger partial charge in [-0.05, 0) is 283 Å². The third-order valence-electron chi connectivity index (χ3n) is 25.6. The second kappa shape index (κ2) is 26.3. The lowest BCUT2D eigenvalue weighted by atomic mass is 9.46. The van der Waals surface area contributed by atoms with Gasteiger partial charge in [-0.2, -0.15) is 0 Å². The Hall–Kier alpha value is -2.28. The second-order valence-corrected chi connectivity index (χ2v) is 34.4. The van der Waals surface area contributed by atoms with E-state index in [0.29, 0.717) is 10.8 Å². The molecule has 0 N–H and O–H groups in total. The first-order chi connectivity index (χ1) is 38.9. The van der Waals surface area contributed by atoms with Crippen LogP contribution >= 0.6 is 0 Å². The van der Waals surface area contributed by atoms with E-state index in [1.165, 1.54) is 109 Å². The first-order valence-corrected chi connectivity index (χ1v) is 34.1. The van der Waals surface area contributed by atoms with Crippen molar-refractivity contribution in [3.8, 4) is 0 Å². The van der Waals surface area contributed by atoms with Crippen molar-refractivity contribution < 1.29 is 57.1 Å². The molecule has 0 spiro atoms. The van der Waals surface area contributed by atoms with E-state index in [1.54, 1.807) is 0 Å². The Morgan fingerprint density at radius 1 is 0.440 bits per heavy atom. The normalized spacial score (nSPS) is 37.3. The van der Waals surface area contributed by atoms with Crippen molar-refractivity contribution in [1.29, 1.82) is 0 Å². The summed E-state index contributed by atoms with van der Waals surface area (Å²) in [5.74, 6) is 7.33. The highest BCUT2D eigenvalue weighted by atomic mass is 16.7. The highest BCUT2D eigenvalue weighted by Crippen LogP contribution is 2.66. The molecular formula is C72H124O12. The SMILES string of the molecule is CCC(C)(C)C(=O)OC(C)OC1C2(C)CCC(C2)C1(C)C.CCC(C)(C)C(=O)OCOC1C2(C)CCC(C2)C1(C)C.CCC(C)(C)C(=O)OCOCC1(C)C2CC3CC(C2)CC1C3.CCC(C)(C)C(=O)OCOCC12CC3CC(CC(C3)C1)C2. The Labute approximate surface area is 511 Å². The van der Waals surface area contributed by atoms with Crippen LogP contribution in [0, 0.1) is 107 Å². The lowest BCUT2D eigenvalue weighted by Crippen LogP contribution is -2.53. The predicted octanol–water partition coefficient (Wildman–Crippen LogP) is 17.3. The Morgan fingerprint density at radius 3 is 1.18 bits per heavy atom. The summed E-state index contributed by atoms with van der Waals surface area (Å²) in [5.41, 5.74) is -0.0752. The number of ether oxygens (including phenoxy) is 8. The van der Waals surface area contributed by atoms with Gasteiger partial charge in [-0.25, -0.2) is 0 Å². The third-order valence-corrected chi connectivity index (χ3v) is 25.6. The maximum absolute atomic E-state index is 12.2. The molecule has 0 aromatic heterocycles. The minimum Gasteiger partial charge on any atom is -0.438 e. The molecule has 12 nitrogen and oxygen atoms in total. The number of hydrogen-bond donors (Lipinski definition) is 0. The summed E-state index contributed by atoms with van der Waals surface area (Å²) >= 11 is 0.